The lowest BCUT2D eigenvalue weighted by Gasteiger charge is -1.98. The molecule has 0 unspecified atom stereocenters. The number of nitrogens with one attached hydrogen (secondary N) is 1. The fourth-order valence-electron chi connectivity index (χ4n) is 2.02. The van der Waals surface area contributed by atoms with Crippen LogP contribution in [-0.4, -0.2) is 23.2 Å². The highest BCUT2D eigenvalue weighted by molar-refractivity contribution is 5.54. The smallest absolute Gasteiger partial charge is 0.231 e. The van der Waals surface area contributed by atoms with Gasteiger partial charge < -0.3 is 9.84 Å². The third kappa shape index (κ3) is 1.99. The number of halogens is 2. The van der Waals surface area contributed by atoms with Gasteiger partial charge in [-0.2, -0.15) is 4.98 Å². The van der Waals surface area contributed by atoms with Gasteiger partial charge in [0.05, 0.1) is 5.92 Å². The molecule has 1 fully saturated rings. The van der Waals surface area contributed by atoms with E-state index in [0.29, 0.717) is 11.5 Å². The van der Waals surface area contributed by atoms with Crippen molar-refractivity contribution in [3.05, 3.63) is 35.7 Å². The van der Waals surface area contributed by atoms with Crippen LogP contribution in [0.15, 0.2) is 22.7 Å². The second-order valence-electron chi connectivity index (χ2n) is 4.27. The summed E-state index contributed by atoms with van der Waals surface area (Å²) in [6.45, 7) is 1.73. The number of rotatable bonds is 2. The highest BCUT2D eigenvalue weighted by Crippen LogP contribution is 2.24. The van der Waals surface area contributed by atoms with Gasteiger partial charge in [0, 0.05) is 12.1 Å². The minimum absolute atomic E-state index is 0.205. The normalized spacial score (nSPS) is 19.3. The molecule has 1 atom stereocenters. The molecule has 1 saturated heterocycles. The predicted octanol–water partition coefficient (Wildman–Crippen LogP) is 2.09. The Bertz CT molecular complexity index is 564. The van der Waals surface area contributed by atoms with Gasteiger partial charge in [-0.15, -0.1) is 0 Å². The van der Waals surface area contributed by atoms with Crippen LogP contribution < -0.4 is 5.32 Å². The van der Waals surface area contributed by atoms with Crippen LogP contribution >= 0.6 is 0 Å². The Morgan fingerprint density at radius 2 is 2.17 bits per heavy atom. The van der Waals surface area contributed by atoms with Crippen molar-refractivity contribution in [1.29, 1.82) is 0 Å². The van der Waals surface area contributed by atoms with E-state index in [0.717, 1.165) is 31.6 Å². The molecule has 94 valence electrons. The molecule has 6 heteroatoms. The van der Waals surface area contributed by atoms with E-state index in [9.17, 15) is 8.78 Å². The molecule has 0 saturated carbocycles. The van der Waals surface area contributed by atoms with Gasteiger partial charge in [0.2, 0.25) is 11.7 Å². The second kappa shape index (κ2) is 4.45. The van der Waals surface area contributed by atoms with Gasteiger partial charge in [-0.25, -0.2) is 8.78 Å². The Balaban J connectivity index is 1.89. The van der Waals surface area contributed by atoms with Crippen LogP contribution in [0.4, 0.5) is 8.78 Å². The number of hydrogen-bond donors (Lipinski definition) is 1. The van der Waals surface area contributed by atoms with Gasteiger partial charge in [-0.1, -0.05) is 5.16 Å². The Kier molecular flexibility index (Phi) is 2.79. The minimum Gasteiger partial charge on any atom is -0.339 e. The van der Waals surface area contributed by atoms with Gasteiger partial charge in [-0.3, -0.25) is 0 Å². The zero-order valence-corrected chi connectivity index (χ0v) is 9.49. The molecule has 0 spiro atoms. The number of hydrogen-bond acceptors (Lipinski definition) is 4. The van der Waals surface area contributed by atoms with Crippen molar-refractivity contribution in [1.82, 2.24) is 15.5 Å². The molecule has 2 aromatic rings. The second-order valence-corrected chi connectivity index (χ2v) is 4.27. The number of benzene rings is 1. The highest BCUT2D eigenvalue weighted by Gasteiger charge is 2.23. The molecule has 2 heterocycles. The fourth-order valence-corrected chi connectivity index (χ4v) is 2.02. The SMILES string of the molecule is Fc1ccc(-c2noc([C@@H]3CCNC3)n2)cc1F. The maximum absolute atomic E-state index is 13.1. The maximum Gasteiger partial charge on any atom is 0.231 e. The lowest BCUT2D eigenvalue weighted by Crippen LogP contribution is -2.08. The Morgan fingerprint density at radius 3 is 2.89 bits per heavy atom. The van der Waals surface area contributed by atoms with Crippen molar-refractivity contribution in [3.63, 3.8) is 0 Å². The van der Waals surface area contributed by atoms with Crippen LogP contribution in [0.3, 0.4) is 0 Å². The van der Waals surface area contributed by atoms with E-state index in [4.69, 9.17) is 4.52 Å². The van der Waals surface area contributed by atoms with Crippen LogP contribution in [0.2, 0.25) is 0 Å². The van der Waals surface area contributed by atoms with E-state index in [1.165, 1.54) is 6.07 Å². The zero-order chi connectivity index (χ0) is 12.5. The Morgan fingerprint density at radius 1 is 1.28 bits per heavy atom. The summed E-state index contributed by atoms with van der Waals surface area (Å²) in [7, 11) is 0. The topological polar surface area (TPSA) is 51.0 Å². The molecule has 1 aromatic heterocycles. The van der Waals surface area contributed by atoms with Gasteiger partial charge in [0.25, 0.3) is 0 Å². The average molecular weight is 251 g/mol. The maximum atomic E-state index is 13.1. The molecular weight excluding hydrogens is 240 g/mol. The van der Waals surface area contributed by atoms with Crippen molar-refractivity contribution in [3.8, 4) is 11.4 Å². The summed E-state index contributed by atoms with van der Waals surface area (Å²) in [5.41, 5.74) is 0.412. The standard InChI is InChI=1S/C12H11F2N3O/c13-9-2-1-7(5-10(9)14)11-16-12(18-17-11)8-3-4-15-6-8/h1-2,5,8,15H,3-4,6H2/t8-/m1/s1. The first-order valence-corrected chi connectivity index (χ1v) is 5.74. The van der Waals surface area contributed by atoms with E-state index >= 15 is 0 Å². The van der Waals surface area contributed by atoms with Gasteiger partial charge in [0.1, 0.15) is 0 Å². The summed E-state index contributed by atoms with van der Waals surface area (Å²) in [6, 6.07) is 3.55. The average Bonchev–Trinajstić information content (AvgIpc) is 3.01. The quantitative estimate of drug-likeness (QED) is 0.888. The van der Waals surface area contributed by atoms with Crippen LogP contribution in [0.25, 0.3) is 11.4 Å². The van der Waals surface area contributed by atoms with E-state index in [1.807, 2.05) is 0 Å². The van der Waals surface area contributed by atoms with Crippen molar-refractivity contribution in [2.75, 3.05) is 13.1 Å². The molecular formula is C12H11F2N3O. The molecule has 1 aliphatic heterocycles. The van der Waals surface area contributed by atoms with Crippen molar-refractivity contribution in [2.24, 2.45) is 0 Å². The van der Waals surface area contributed by atoms with E-state index in [-0.39, 0.29) is 11.7 Å². The number of aromatic nitrogens is 2. The van der Waals surface area contributed by atoms with Gasteiger partial charge >= 0.3 is 0 Å². The summed E-state index contributed by atoms with van der Waals surface area (Å²) in [5, 5.41) is 7.00. The summed E-state index contributed by atoms with van der Waals surface area (Å²) in [6.07, 6.45) is 0.944. The first-order valence-electron chi connectivity index (χ1n) is 5.74. The molecule has 0 bridgehead atoms. The van der Waals surface area contributed by atoms with Crippen LogP contribution in [0.5, 0.6) is 0 Å². The monoisotopic (exact) mass is 251 g/mol. The predicted molar refractivity (Wildman–Crippen MR) is 59.9 cm³/mol. The summed E-state index contributed by atoms with van der Waals surface area (Å²) >= 11 is 0. The summed E-state index contributed by atoms with van der Waals surface area (Å²) in [5.74, 6) is -0.768. The lowest BCUT2D eigenvalue weighted by molar-refractivity contribution is 0.359. The molecule has 0 radical (unpaired) electrons. The van der Waals surface area contributed by atoms with E-state index in [1.54, 1.807) is 0 Å². The van der Waals surface area contributed by atoms with Crippen molar-refractivity contribution in [2.45, 2.75) is 12.3 Å². The molecule has 1 aromatic carbocycles. The minimum atomic E-state index is -0.915. The molecule has 1 aliphatic rings. The number of nitrogens with zero attached hydrogens (tertiary/aromatic N) is 2. The Hall–Kier alpha value is -1.82. The van der Waals surface area contributed by atoms with Crippen molar-refractivity contribution < 1.29 is 13.3 Å². The molecule has 18 heavy (non-hydrogen) atoms. The van der Waals surface area contributed by atoms with Crippen molar-refractivity contribution >= 4 is 0 Å². The first-order chi connectivity index (χ1) is 8.74. The fraction of sp³-hybridized carbons (Fsp3) is 0.333. The van der Waals surface area contributed by atoms with Crippen LogP contribution in [0.1, 0.15) is 18.2 Å². The zero-order valence-electron chi connectivity index (χ0n) is 9.49. The highest BCUT2D eigenvalue weighted by atomic mass is 19.2. The van der Waals surface area contributed by atoms with E-state index < -0.39 is 11.6 Å². The largest absolute Gasteiger partial charge is 0.339 e. The third-order valence-electron chi connectivity index (χ3n) is 3.03. The molecule has 0 amide bonds. The summed E-state index contributed by atoms with van der Waals surface area (Å²) in [4.78, 5) is 4.23. The molecule has 4 nitrogen and oxygen atoms in total. The third-order valence-corrected chi connectivity index (χ3v) is 3.03. The van der Waals surface area contributed by atoms with E-state index in [2.05, 4.69) is 15.5 Å². The molecule has 0 aliphatic carbocycles. The van der Waals surface area contributed by atoms with Gasteiger partial charge in [0.15, 0.2) is 11.6 Å². The van der Waals surface area contributed by atoms with Gasteiger partial charge in [-0.05, 0) is 31.2 Å². The van der Waals surface area contributed by atoms with Crippen LogP contribution in [-0.2, 0) is 0 Å². The molecule has 3 rings (SSSR count). The summed E-state index contributed by atoms with van der Waals surface area (Å²) < 4.78 is 31.1. The Labute approximate surface area is 102 Å². The lowest BCUT2D eigenvalue weighted by atomic mass is 10.1. The van der Waals surface area contributed by atoms with Crippen LogP contribution in [0, 0.1) is 11.6 Å². The molecule has 1 N–H and O–H groups in total. The first kappa shape index (κ1) is 11.3.